The third-order valence-electron chi connectivity index (χ3n) is 5.07. The molecule has 0 amide bonds. The van der Waals surface area contributed by atoms with Gasteiger partial charge in [0.25, 0.3) is 0 Å². The molecule has 2 aromatic carbocycles. The Morgan fingerprint density at radius 2 is 1.14 bits per heavy atom. The van der Waals surface area contributed by atoms with Gasteiger partial charge in [0.05, 0.1) is 9.79 Å². The predicted octanol–water partition coefficient (Wildman–Crippen LogP) is 3.61. The van der Waals surface area contributed by atoms with Crippen LogP contribution in [0.25, 0.3) is 21.8 Å². The lowest BCUT2D eigenvalue weighted by atomic mass is 10.1. The van der Waals surface area contributed by atoms with Crippen LogP contribution in [0.4, 0.5) is 0 Å². The topological polar surface area (TPSA) is 72.2 Å². The van der Waals surface area contributed by atoms with Crippen molar-refractivity contribution in [3.8, 4) is 0 Å². The standard InChI is InChI=1S/C22H26N4O2S/c1-25(2)13-15-11-23-21-7-5-17(9-19(15)21)29(27,28)18-6-8-22-20(10-18)16(12-24-22)14-26(3)4/h5-12,23-24H,13-14H2,1-4H3. The lowest BCUT2D eigenvalue weighted by Crippen LogP contribution is -2.10. The molecule has 0 aliphatic carbocycles. The molecule has 2 aromatic heterocycles. The number of aromatic amines is 2. The van der Waals surface area contributed by atoms with Crippen LogP contribution < -0.4 is 0 Å². The number of fused-ring (bicyclic) bond motifs is 2. The minimum atomic E-state index is -3.62. The fourth-order valence-corrected chi connectivity index (χ4v) is 5.04. The zero-order chi connectivity index (χ0) is 20.8. The first-order valence-corrected chi connectivity index (χ1v) is 11.0. The molecule has 0 spiro atoms. The number of benzene rings is 2. The summed E-state index contributed by atoms with van der Waals surface area (Å²) in [7, 11) is 4.36. The molecule has 152 valence electrons. The molecule has 2 heterocycles. The van der Waals surface area contributed by atoms with Gasteiger partial charge in [-0.3, -0.25) is 0 Å². The van der Waals surface area contributed by atoms with Gasteiger partial charge in [-0.2, -0.15) is 0 Å². The SMILES string of the molecule is CN(C)Cc1c[nH]c2ccc(S(=O)(=O)c3ccc4[nH]cc(CN(C)C)c4c3)cc12. The van der Waals surface area contributed by atoms with Crippen molar-refractivity contribution >= 4 is 31.6 Å². The Bertz CT molecular complexity index is 1190. The molecule has 4 rings (SSSR count). The predicted molar refractivity (Wildman–Crippen MR) is 117 cm³/mol. The summed E-state index contributed by atoms with van der Waals surface area (Å²) in [5.41, 5.74) is 4.04. The van der Waals surface area contributed by atoms with Crippen LogP contribution in [-0.4, -0.2) is 56.4 Å². The smallest absolute Gasteiger partial charge is 0.206 e. The molecule has 0 fully saturated rings. The van der Waals surface area contributed by atoms with Crippen LogP contribution in [0.1, 0.15) is 11.1 Å². The summed E-state index contributed by atoms with van der Waals surface area (Å²) in [5, 5.41) is 1.88. The van der Waals surface area contributed by atoms with Crippen LogP contribution >= 0.6 is 0 Å². The summed E-state index contributed by atoms with van der Waals surface area (Å²) < 4.78 is 26.8. The Labute approximate surface area is 171 Å². The van der Waals surface area contributed by atoms with Gasteiger partial charge in [0, 0.05) is 47.3 Å². The fraction of sp³-hybridized carbons (Fsp3) is 0.273. The number of hydrogen-bond acceptors (Lipinski definition) is 4. The zero-order valence-corrected chi connectivity index (χ0v) is 18.0. The molecule has 29 heavy (non-hydrogen) atoms. The molecule has 0 saturated heterocycles. The number of nitrogens with one attached hydrogen (secondary N) is 2. The van der Waals surface area contributed by atoms with E-state index in [0.717, 1.165) is 46.0 Å². The van der Waals surface area contributed by atoms with Gasteiger partial charge in [0.2, 0.25) is 9.84 Å². The Morgan fingerprint density at radius 1 is 0.724 bits per heavy atom. The van der Waals surface area contributed by atoms with E-state index in [9.17, 15) is 8.42 Å². The molecule has 0 aliphatic rings. The van der Waals surface area contributed by atoms with Crippen molar-refractivity contribution in [2.75, 3.05) is 28.2 Å². The van der Waals surface area contributed by atoms with E-state index >= 15 is 0 Å². The average Bonchev–Trinajstić information content (AvgIpc) is 3.24. The monoisotopic (exact) mass is 410 g/mol. The summed E-state index contributed by atoms with van der Waals surface area (Å²) in [5.74, 6) is 0. The van der Waals surface area contributed by atoms with Gasteiger partial charge in [-0.15, -0.1) is 0 Å². The molecule has 4 aromatic rings. The van der Waals surface area contributed by atoms with E-state index < -0.39 is 9.84 Å². The van der Waals surface area contributed by atoms with E-state index in [1.807, 2.05) is 52.7 Å². The van der Waals surface area contributed by atoms with Gasteiger partial charge in [-0.25, -0.2) is 8.42 Å². The van der Waals surface area contributed by atoms with Crippen molar-refractivity contribution in [1.29, 1.82) is 0 Å². The molecule has 2 N–H and O–H groups in total. The van der Waals surface area contributed by atoms with Crippen molar-refractivity contribution < 1.29 is 8.42 Å². The number of H-pyrrole nitrogens is 2. The molecule has 7 heteroatoms. The number of sulfone groups is 1. The quantitative estimate of drug-likeness (QED) is 0.509. The van der Waals surface area contributed by atoms with Crippen molar-refractivity contribution in [1.82, 2.24) is 19.8 Å². The Balaban J connectivity index is 1.80. The Kier molecular flexibility index (Phi) is 4.98. The Morgan fingerprint density at radius 3 is 1.52 bits per heavy atom. The molecule has 0 unspecified atom stereocenters. The van der Waals surface area contributed by atoms with E-state index in [0.29, 0.717) is 9.79 Å². The summed E-state index contributed by atoms with van der Waals surface area (Å²) in [6.07, 6.45) is 3.89. The third-order valence-corrected chi connectivity index (χ3v) is 6.82. The van der Waals surface area contributed by atoms with Gasteiger partial charge < -0.3 is 19.8 Å². The first kappa shape index (κ1) is 19.7. The molecular formula is C22H26N4O2S. The number of hydrogen-bond donors (Lipinski definition) is 2. The molecule has 0 radical (unpaired) electrons. The highest BCUT2D eigenvalue weighted by Crippen LogP contribution is 2.29. The number of rotatable bonds is 6. The van der Waals surface area contributed by atoms with Gasteiger partial charge in [0.15, 0.2) is 0 Å². The van der Waals surface area contributed by atoms with Gasteiger partial charge in [0.1, 0.15) is 0 Å². The molecule has 6 nitrogen and oxygen atoms in total. The van der Waals surface area contributed by atoms with Crippen molar-refractivity contribution in [2.24, 2.45) is 0 Å². The first-order chi connectivity index (χ1) is 13.8. The zero-order valence-electron chi connectivity index (χ0n) is 17.2. The highest BCUT2D eigenvalue weighted by Gasteiger charge is 2.20. The van der Waals surface area contributed by atoms with Crippen LogP contribution in [0.5, 0.6) is 0 Å². The maximum atomic E-state index is 13.4. The van der Waals surface area contributed by atoms with Crippen LogP contribution in [0.2, 0.25) is 0 Å². The van der Waals surface area contributed by atoms with Crippen LogP contribution in [0, 0.1) is 0 Å². The molecule has 0 bridgehead atoms. The molecule has 0 atom stereocenters. The summed E-state index contributed by atoms with van der Waals surface area (Å²) in [6, 6.07) is 10.6. The second kappa shape index (κ2) is 7.33. The highest BCUT2D eigenvalue weighted by molar-refractivity contribution is 7.91. The first-order valence-electron chi connectivity index (χ1n) is 9.50. The third kappa shape index (κ3) is 3.69. The fourth-order valence-electron chi connectivity index (χ4n) is 3.73. The Hall–Kier alpha value is -2.61. The maximum absolute atomic E-state index is 13.4. The summed E-state index contributed by atoms with van der Waals surface area (Å²) in [4.78, 5) is 11.2. The second-order valence-electron chi connectivity index (χ2n) is 8.02. The average molecular weight is 411 g/mol. The highest BCUT2D eigenvalue weighted by atomic mass is 32.2. The van der Waals surface area contributed by atoms with Gasteiger partial charge in [-0.05, 0) is 75.7 Å². The summed E-state index contributed by atoms with van der Waals surface area (Å²) in [6.45, 7) is 1.49. The largest absolute Gasteiger partial charge is 0.361 e. The second-order valence-corrected chi connectivity index (χ2v) is 9.97. The summed E-state index contributed by atoms with van der Waals surface area (Å²) >= 11 is 0. The van der Waals surface area contributed by atoms with E-state index in [4.69, 9.17) is 0 Å². The van der Waals surface area contributed by atoms with Crippen LogP contribution in [0.3, 0.4) is 0 Å². The van der Waals surface area contributed by atoms with Crippen LogP contribution in [-0.2, 0) is 22.9 Å². The van der Waals surface area contributed by atoms with E-state index in [-0.39, 0.29) is 0 Å². The lowest BCUT2D eigenvalue weighted by molar-refractivity contribution is 0.404. The number of nitrogens with zero attached hydrogens (tertiary/aromatic N) is 2. The molecular weight excluding hydrogens is 384 g/mol. The molecule has 0 saturated carbocycles. The van der Waals surface area contributed by atoms with Crippen molar-refractivity contribution in [3.63, 3.8) is 0 Å². The van der Waals surface area contributed by atoms with Gasteiger partial charge in [-0.1, -0.05) is 0 Å². The minimum Gasteiger partial charge on any atom is -0.361 e. The molecule has 0 aliphatic heterocycles. The van der Waals surface area contributed by atoms with Crippen LogP contribution in [0.15, 0.2) is 58.6 Å². The van der Waals surface area contributed by atoms with E-state index in [2.05, 4.69) is 19.8 Å². The van der Waals surface area contributed by atoms with E-state index in [1.54, 1.807) is 24.3 Å². The normalized spacial score (nSPS) is 12.6. The number of aromatic nitrogens is 2. The maximum Gasteiger partial charge on any atom is 0.206 e. The lowest BCUT2D eigenvalue weighted by Gasteiger charge is -2.10. The van der Waals surface area contributed by atoms with Crippen molar-refractivity contribution in [3.05, 3.63) is 59.9 Å². The van der Waals surface area contributed by atoms with Gasteiger partial charge >= 0.3 is 0 Å². The van der Waals surface area contributed by atoms with Crippen molar-refractivity contribution in [2.45, 2.75) is 22.9 Å². The minimum absolute atomic E-state index is 0.314. The van der Waals surface area contributed by atoms with E-state index in [1.165, 1.54) is 0 Å².